The number of rotatable bonds is 13. The average Bonchev–Trinajstić information content (AvgIpc) is 1.55. The zero-order chi connectivity index (χ0) is 91.1. The molecular formula is C123H79N15. The number of fused-ring (bicyclic) bond motifs is 20. The second-order valence-corrected chi connectivity index (χ2v) is 34.3. The SMILES string of the molecule is c1ccc(-c2nc(-c3cccc(-n4c5ccccc5c5ccccc54)c3)nc(-c3cccc(-n4c5ccccc5c5ccccc54)c3)n2)cc1.c1ccc(-c2nc(-c3ccccc3)nc(-n3c4ccccc4c4ccc5c(c6ccccc6n5-c5ccccc5)c43)n2)cc1.c1ccc(-c2nc(-c3ccccc3)nc(-n3c4ccccc4c4ccc5c6ccccc6n(-c6ccccc6)c5c43)n2)cc1. The van der Waals surface area contributed by atoms with Crippen LogP contribution < -0.4 is 0 Å². The molecular weight excluding hydrogens is 1690 g/mol. The zero-order valence-corrected chi connectivity index (χ0v) is 74.3. The first kappa shape index (κ1) is 79.9. The fourth-order valence-corrected chi connectivity index (χ4v) is 20.2. The van der Waals surface area contributed by atoms with Crippen molar-refractivity contribution in [3.8, 4) is 114 Å². The van der Waals surface area contributed by atoms with Crippen LogP contribution in [0.25, 0.3) is 245 Å². The molecule has 0 aliphatic carbocycles. The molecule has 0 amide bonds. The van der Waals surface area contributed by atoms with Crippen molar-refractivity contribution in [2.24, 2.45) is 0 Å². The van der Waals surface area contributed by atoms with Gasteiger partial charge in [0.2, 0.25) is 11.9 Å². The first-order valence-corrected chi connectivity index (χ1v) is 46.3. The molecule has 9 aromatic heterocycles. The number of hydrogen-bond donors (Lipinski definition) is 0. The molecule has 0 unspecified atom stereocenters. The summed E-state index contributed by atoms with van der Waals surface area (Å²) in [5.41, 5.74) is 24.3. The van der Waals surface area contributed by atoms with Crippen LogP contribution in [0.15, 0.2) is 479 Å². The highest BCUT2D eigenvalue weighted by molar-refractivity contribution is 6.27. The van der Waals surface area contributed by atoms with Gasteiger partial charge >= 0.3 is 0 Å². The topological polar surface area (TPSA) is 146 Å². The van der Waals surface area contributed by atoms with Crippen LogP contribution in [0.2, 0.25) is 0 Å². The minimum atomic E-state index is 0.585. The lowest BCUT2D eigenvalue weighted by molar-refractivity contribution is 0.953. The lowest BCUT2D eigenvalue weighted by Gasteiger charge is -2.13. The fraction of sp³-hybridized carbons (Fsp3) is 0. The van der Waals surface area contributed by atoms with E-state index < -0.39 is 0 Å². The molecule has 19 aromatic carbocycles. The molecule has 0 radical (unpaired) electrons. The Balaban J connectivity index is 0.000000107. The predicted molar refractivity (Wildman–Crippen MR) is 564 cm³/mol. The van der Waals surface area contributed by atoms with Gasteiger partial charge in [0.25, 0.3) is 0 Å². The van der Waals surface area contributed by atoms with E-state index in [1.807, 2.05) is 152 Å². The summed E-state index contributed by atoms with van der Waals surface area (Å²) < 4.78 is 13.8. The van der Waals surface area contributed by atoms with E-state index in [9.17, 15) is 0 Å². The van der Waals surface area contributed by atoms with Crippen molar-refractivity contribution >= 4 is 131 Å². The van der Waals surface area contributed by atoms with Crippen molar-refractivity contribution in [2.45, 2.75) is 0 Å². The van der Waals surface area contributed by atoms with E-state index in [0.717, 1.165) is 149 Å². The van der Waals surface area contributed by atoms with Gasteiger partial charge in [0.15, 0.2) is 40.8 Å². The Kier molecular flexibility index (Phi) is 19.5. The summed E-state index contributed by atoms with van der Waals surface area (Å²) in [6, 6.07) is 166. The molecule has 138 heavy (non-hydrogen) atoms. The first-order chi connectivity index (χ1) is 68.5. The minimum Gasteiger partial charge on any atom is -0.309 e. The van der Waals surface area contributed by atoms with E-state index in [1.165, 1.54) is 43.1 Å². The third-order valence-corrected chi connectivity index (χ3v) is 26.3. The normalized spacial score (nSPS) is 11.6. The van der Waals surface area contributed by atoms with Crippen LogP contribution in [0.1, 0.15) is 0 Å². The Morgan fingerprint density at radius 1 is 0.123 bits per heavy atom. The van der Waals surface area contributed by atoms with Crippen LogP contribution in [0.5, 0.6) is 0 Å². The molecule has 15 heteroatoms. The molecule has 0 fully saturated rings. The molecule has 0 saturated heterocycles. The van der Waals surface area contributed by atoms with E-state index in [0.29, 0.717) is 52.7 Å². The number of aromatic nitrogens is 15. The summed E-state index contributed by atoms with van der Waals surface area (Å²) >= 11 is 0. The first-order valence-electron chi connectivity index (χ1n) is 46.3. The van der Waals surface area contributed by atoms with Gasteiger partial charge in [-0.15, -0.1) is 0 Å². The second kappa shape index (κ2) is 33.7. The molecule has 28 aromatic rings. The summed E-state index contributed by atoms with van der Waals surface area (Å²) in [6.07, 6.45) is 0. The van der Waals surface area contributed by atoms with Gasteiger partial charge in [-0.3, -0.25) is 9.13 Å². The summed E-state index contributed by atoms with van der Waals surface area (Å²) in [4.78, 5) is 45.9. The number of hydrogen-bond acceptors (Lipinski definition) is 9. The number of para-hydroxylation sites is 10. The zero-order valence-electron chi connectivity index (χ0n) is 74.3. The second-order valence-electron chi connectivity index (χ2n) is 34.3. The maximum atomic E-state index is 5.17. The van der Waals surface area contributed by atoms with Gasteiger partial charge in [-0.25, -0.2) is 24.9 Å². The molecule has 0 aliphatic heterocycles. The highest BCUT2D eigenvalue weighted by Gasteiger charge is 2.28. The lowest BCUT2D eigenvalue weighted by atomic mass is 10.1. The fourth-order valence-electron chi connectivity index (χ4n) is 20.2. The van der Waals surface area contributed by atoms with Gasteiger partial charge in [0, 0.05) is 126 Å². The largest absolute Gasteiger partial charge is 0.309 e. The molecule has 0 N–H and O–H groups in total. The molecule has 28 rings (SSSR count). The predicted octanol–water partition coefficient (Wildman–Crippen LogP) is 29.9. The Hall–Kier alpha value is -19.0. The van der Waals surface area contributed by atoms with Crippen LogP contribution in [0.3, 0.4) is 0 Å². The molecule has 0 saturated carbocycles. The Labute approximate surface area is 791 Å². The highest BCUT2D eigenvalue weighted by Crippen LogP contribution is 2.46. The van der Waals surface area contributed by atoms with Crippen LogP contribution in [0.4, 0.5) is 0 Å². The minimum absolute atomic E-state index is 0.585. The van der Waals surface area contributed by atoms with E-state index in [4.69, 9.17) is 44.9 Å². The van der Waals surface area contributed by atoms with Gasteiger partial charge in [0.05, 0.1) is 66.2 Å². The highest BCUT2D eigenvalue weighted by atomic mass is 15.2. The van der Waals surface area contributed by atoms with E-state index in [2.05, 4.69) is 355 Å². The summed E-state index contributed by atoms with van der Waals surface area (Å²) in [7, 11) is 0. The van der Waals surface area contributed by atoms with Crippen LogP contribution in [0, 0.1) is 0 Å². The standard InChI is InChI=1S/C45H29N5.2C39H25N5/c1-2-14-30(15-3-1)43-46-44(31-16-12-18-33(28-31)49-39-24-8-4-20-35(39)36-21-5-9-25-40(36)49)48-45(47-43)32-17-13-19-34(29-32)50-41-26-10-6-22-37(41)38-23-7-11-27-42(38)50;1-4-14-26(15-5-1)37-40-38(27-16-6-2-7-17-27)42-39(41-37)44-32-22-12-10-20-29(32)30-24-25-34-35(36(30)44)31-21-11-13-23-33(31)43(34)28-18-8-3-9-19-28;1-4-14-26(15-5-1)37-40-38(27-16-6-2-7-17-27)42-39(41-37)44-34-23-13-11-21-30(34)32-25-24-31-29-20-10-12-22-33(29)43(35(31)36(32)44)28-18-8-3-9-19-28/h1-29H;2*1-25H. The van der Waals surface area contributed by atoms with Crippen LogP contribution in [-0.4, -0.2) is 72.3 Å². The number of nitrogens with zero attached hydrogens (tertiary/aromatic N) is 15. The van der Waals surface area contributed by atoms with Gasteiger partial charge in [-0.1, -0.05) is 376 Å². The molecule has 0 aliphatic rings. The Morgan fingerprint density at radius 3 is 0.674 bits per heavy atom. The summed E-state index contributed by atoms with van der Waals surface area (Å²) in [6.45, 7) is 0. The third kappa shape index (κ3) is 13.7. The number of benzene rings is 19. The average molecular weight is 1770 g/mol. The van der Waals surface area contributed by atoms with Gasteiger partial charge in [-0.05, 0) is 103 Å². The molecule has 0 spiro atoms. The van der Waals surface area contributed by atoms with E-state index in [-0.39, 0.29) is 0 Å². The lowest BCUT2D eigenvalue weighted by Crippen LogP contribution is -2.07. The summed E-state index contributed by atoms with van der Waals surface area (Å²) in [5.74, 6) is 5.60. The summed E-state index contributed by atoms with van der Waals surface area (Å²) in [5, 5.41) is 14.3. The van der Waals surface area contributed by atoms with Crippen LogP contribution in [-0.2, 0) is 0 Å². The van der Waals surface area contributed by atoms with Crippen molar-refractivity contribution in [3.63, 3.8) is 0 Å². The smallest absolute Gasteiger partial charge is 0.238 e. The Bertz CT molecular complexity index is 9180. The van der Waals surface area contributed by atoms with Crippen molar-refractivity contribution in [1.82, 2.24) is 72.3 Å². The molecule has 646 valence electrons. The Morgan fingerprint density at radius 2 is 0.333 bits per heavy atom. The van der Waals surface area contributed by atoms with Crippen molar-refractivity contribution in [1.29, 1.82) is 0 Å². The van der Waals surface area contributed by atoms with E-state index >= 15 is 0 Å². The van der Waals surface area contributed by atoms with Gasteiger partial charge in [0.1, 0.15) is 0 Å². The van der Waals surface area contributed by atoms with Crippen molar-refractivity contribution < 1.29 is 0 Å². The van der Waals surface area contributed by atoms with Gasteiger partial charge in [-0.2, -0.15) is 19.9 Å². The quantitative estimate of drug-likeness (QED) is 0.110. The maximum absolute atomic E-state index is 5.17. The van der Waals surface area contributed by atoms with Crippen LogP contribution >= 0.6 is 0 Å². The van der Waals surface area contributed by atoms with Crippen molar-refractivity contribution in [3.05, 3.63) is 479 Å². The third-order valence-electron chi connectivity index (χ3n) is 26.3. The van der Waals surface area contributed by atoms with E-state index in [1.54, 1.807) is 0 Å². The monoisotopic (exact) mass is 1770 g/mol. The molecule has 0 atom stereocenters. The molecule has 0 bridgehead atoms. The van der Waals surface area contributed by atoms with Gasteiger partial charge < -0.3 is 18.3 Å². The molecule has 9 heterocycles. The van der Waals surface area contributed by atoms with Crippen molar-refractivity contribution in [2.75, 3.05) is 0 Å². The maximum Gasteiger partial charge on any atom is 0.238 e. The molecule has 15 nitrogen and oxygen atoms in total.